The molecule has 4 heteroatoms. The van der Waals surface area contributed by atoms with Crippen LogP contribution in [0.2, 0.25) is 0 Å². The van der Waals surface area contributed by atoms with E-state index in [4.69, 9.17) is 0 Å². The van der Waals surface area contributed by atoms with Crippen molar-refractivity contribution in [2.45, 2.75) is 38.3 Å². The van der Waals surface area contributed by atoms with Gasteiger partial charge >= 0.3 is 0 Å². The molecule has 1 heterocycles. The first-order chi connectivity index (χ1) is 7.19. The molecule has 1 N–H and O–H groups in total. The first-order valence-electron chi connectivity index (χ1n) is 5.40. The summed E-state index contributed by atoms with van der Waals surface area (Å²) in [5.41, 5.74) is 0.324. The van der Waals surface area contributed by atoms with Gasteiger partial charge < -0.3 is 10.2 Å². The minimum absolute atomic E-state index is 0.190. The largest absolute Gasteiger partial charge is 0.630 e. The van der Waals surface area contributed by atoms with Crippen LogP contribution in [0, 0.1) is 0 Å². The van der Waals surface area contributed by atoms with Crippen molar-refractivity contribution in [1.82, 2.24) is 5.32 Å². The van der Waals surface area contributed by atoms with E-state index >= 15 is 0 Å². The van der Waals surface area contributed by atoms with Crippen LogP contribution in [-0.4, -0.2) is 23.4 Å². The molecule has 1 aliphatic heterocycles. The lowest BCUT2D eigenvalue weighted by Crippen LogP contribution is -2.31. The number of hydrogen-bond acceptors (Lipinski definition) is 2. The van der Waals surface area contributed by atoms with Crippen LogP contribution in [0.5, 0.6) is 0 Å². The third kappa shape index (κ3) is 3.44. The summed E-state index contributed by atoms with van der Waals surface area (Å²) in [6.07, 6.45) is 5.26. The molecular formula is C11H18NO2P. The summed E-state index contributed by atoms with van der Waals surface area (Å²) in [5, 5.41) is 3.71. The molecule has 2 atom stereocenters. The summed E-state index contributed by atoms with van der Waals surface area (Å²) in [4.78, 5) is 23.0. The van der Waals surface area contributed by atoms with Gasteiger partial charge in [-0.05, 0) is 25.3 Å². The van der Waals surface area contributed by atoms with Crippen molar-refractivity contribution in [3.8, 4) is 0 Å². The summed E-state index contributed by atoms with van der Waals surface area (Å²) < 4.78 is 0. The SMILES string of the molecule is C=CC(=O)NCC1=[P+]([O-])C(CC)CCC1. The van der Waals surface area contributed by atoms with Gasteiger partial charge in [0.2, 0.25) is 5.91 Å². The molecule has 0 aromatic rings. The van der Waals surface area contributed by atoms with E-state index in [0.717, 1.165) is 31.0 Å². The summed E-state index contributed by atoms with van der Waals surface area (Å²) in [5.74, 6) is -0.190. The van der Waals surface area contributed by atoms with Gasteiger partial charge in [-0.2, -0.15) is 0 Å². The maximum absolute atomic E-state index is 12.0. The molecule has 1 amide bonds. The summed E-state index contributed by atoms with van der Waals surface area (Å²) in [6, 6.07) is 0. The van der Waals surface area contributed by atoms with Gasteiger partial charge in [0, 0.05) is 6.42 Å². The van der Waals surface area contributed by atoms with E-state index in [0.29, 0.717) is 12.2 Å². The van der Waals surface area contributed by atoms with E-state index < -0.39 is 7.77 Å². The minimum atomic E-state index is -1.24. The topological polar surface area (TPSA) is 52.2 Å². The number of rotatable bonds is 4. The van der Waals surface area contributed by atoms with E-state index in [2.05, 4.69) is 18.8 Å². The molecule has 0 bridgehead atoms. The Labute approximate surface area is 92.0 Å². The third-order valence-corrected chi connectivity index (χ3v) is 5.06. The zero-order chi connectivity index (χ0) is 11.3. The lowest BCUT2D eigenvalue weighted by molar-refractivity contribution is -0.155. The van der Waals surface area contributed by atoms with Crippen molar-refractivity contribution in [1.29, 1.82) is 0 Å². The highest BCUT2D eigenvalue weighted by molar-refractivity contribution is 7.52. The maximum atomic E-state index is 12.0. The van der Waals surface area contributed by atoms with Crippen molar-refractivity contribution in [2.24, 2.45) is 0 Å². The van der Waals surface area contributed by atoms with Crippen LogP contribution in [-0.2, 0) is 4.79 Å². The Hall–Kier alpha value is -0.660. The lowest BCUT2D eigenvalue weighted by atomic mass is 10.1. The lowest BCUT2D eigenvalue weighted by Gasteiger charge is -2.20. The molecule has 0 saturated heterocycles. The monoisotopic (exact) mass is 227 g/mol. The highest BCUT2D eigenvalue weighted by atomic mass is 31.1. The second-order valence-corrected chi connectivity index (χ2v) is 5.78. The van der Waals surface area contributed by atoms with Gasteiger partial charge in [-0.1, -0.05) is 13.5 Å². The van der Waals surface area contributed by atoms with Gasteiger partial charge in [0.25, 0.3) is 0 Å². The average Bonchev–Trinajstić information content (AvgIpc) is 2.27. The fourth-order valence-corrected chi connectivity index (χ4v) is 3.70. The first-order valence-corrected chi connectivity index (χ1v) is 6.73. The molecule has 0 saturated carbocycles. The van der Waals surface area contributed by atoms with Crippen LogP contribution >= 0.6 is 7.77 Å². The Morgan fingerprint density at radius 1 is 1.80 bits per heavy atom. The molecule has 0 aromatic carbocycles. The Balaban J connectivity index is 2.58. The zero-order valence-electron chi connectivity index (χ0n) is 9.16. The van der Waals surface area contributed by atoms with Crippen molar-refractivity contribution >= 4 is 19.0 Å². The zero-order valence-corrected chi connectivity index (χ0v) is 10.1. The number of carbonyl (C=O) groups excluding carboxylic acids is 1. The molecule has 1 aliphatic rings. The predicted molar refractivity (Wildman–Crippen MR) is 63.1 cm³/mol. The predicted octanol–water partition coefficient (Wildman–Crippen LogP) is 1.18. The normalized spacial score (nSPS) is 23.7. The molecular weight excluding hydrogens is 209 g/mol. The average molecular weight is 227 g/mol. The van der Waals surface area contributed by atoms with E-state index in [1.54, 1.807) is 0 Å². The van der Waals surface area contributed by atoms with Crippen molar-refractivity contribution in [2.75, 3.05) is 6.54 Å². The number of nitrogens with one attached hydrogen (secondary N) is 1. The smallest absolute Gasteiger partial charge is 0.243 e. The van der Waals surface area contributed by atoms with E-state index in [9.17, 15) is 9.69 Å². The molecule has 0 aliphatic carbocycles. The second kappa shape index (κ2) is 6.04. The van der Waals surface area contributed by atoms with E-state index in [1.807, 2.05) is 0 Å². The molecule has 1 rings (SSSR count). The second-order valence-electron chi connectivity index (χ2n) is 3.77. The van der Waals surface area contributed by atoms with Crippen LogP contribution in [0.1, 0.15) is 32.6 Å². The molecule has 0 spiro atoms. The Bertz CT molecular complexity index is 286. The summed E-state index contributed by atoms with van der Waals surface area (Å²) in [6.45, 7) is 5.91. The van der Waals surface area contributed by atoms with Gasteiger partial charge in [-0.3, -0.25) is 4.79 Å². The van der Waals surface area contributed by atoms with Crippen LogP contribution in [0.3, 0.4) is 0 Å². The fourth-order valence-electron chi connectivity index (χ4n) is 1.82. The summed E-state index contributed by atoms with van der Waals surface area (Å²) >= 11 is 0. The molecule has 0 fully saturated rings. The Morgan fingerprint density at radius 2 is 2.53 bits per heavy atom. The van der Waals surface area contributed by atoms with Crippen LogP contribution in [0.25, 0.3) is 0 Å². The molecule has 15 heavy (non-hydrogen) atoms. The Morgan fingerprint density at radius 3 is 3.13 bits per heavy atom. The Kier molecular flexibility index (Phi) is 5.00. The van der Waals surface area contributed by atoms with Crippen molar-refractivity contribution < 1.29 is 9.69 Å². The molecule has 3 nitrogen and oxygen atoms in total. The van der Waals surface area contributed by atoms with Crippen LogP contribution in [0.4, 0.5) is 0 Å². The fraction of sp³-hybridized carbons (Fsp3) is 0.636. The third-order valence-electron chi connectivity index (χ3n) is 2.77. The standard InChI is InChI=1S/C11H18NO2P/c1-3-9-6-5-7-10(15(9)14)8-12-11(13)4-2/h4,9H,2-3,5-8H2,1H3,(H,12,13). The number of hydrogen-bond donors (Lipinski definition) is 1. The van der Waals surface area contributed by atoms with Gasteiger partial charge in [0.05, 0.1) is 14.3 Å². The van der Waals surface area contributed by atoms with Gasteiger partial charge in [-0.15, -0.1) is 0 Å². The van der Waals surface area contributed by atoms with Crippen molar-refractivity contribution in [3.63, 3.8) is 0 Å². The van der Waals surface area contributed by atoms with Gasteiger partial charge in [0.1, 0.15) is 11.0 Å². The van der Waals surface area contributed by atoms with Gasteiger partial charge in [-0.25, -0.2) is 0 Å². The number of amides is 1. The molecule has 0 radical (unpaired) electrons. The van der Waals surface area contributed by atoms with Crippen LogP contribution in [0.15, 0.2) is 12.7 Å². The highest BCUT2D eigenvalue weighted by Gasteiger charge is 2.25. The van der Waals surface area contributed by atoms with E-state index in [-0.39, 0.29) is 5.91 Å². The van der Waals surface area contributed by atoms with Crippen molar-refractivity contribution in [3.05, 3.63) is 12.7 Å². The minimum Gasteiger partial charge on any atom is -0.630 e. The van der Waals surface area contributed by atoms with E-state index in [1.165, 1.54) is 6.08 Å². The maximum Gasteiger partial charge on any atom is 0.243 e. The number of carbonyl (C=O) groups is 1. The van der Waals surface area contributed by atoms with Crippen LogP contribution < -0.4 is 10.2 Å². The molecule has 84 valence electrons. The molecule has 0 aromatic heterocycles. The highest BCUT2D eigenvalue weighted by Crippen LogP contribution is 2.34. The van der Waals surface area contributed by atoms with Gasteiger partial charge in [0.15, 0.2) is 0 Å². The quantitative estimate of drug-likeness (QED) is 0.579. The summed E-state index contributed by atoms with van der Waals surface area (Å²) in [7, 11) is -1.24. The first kappa shape index (κ1) is 12.4. The molecule has 2 unspecified atom stereocenters.